The maximum absolute atomic E-state index is 14.2. The second-order valence-electron chi connectivity index (χ2n) is 8.92. The van der Waals surface area contributed by atoms with Crippen LogP contribution in [-0.4, -0.2) is 54.0 Å². The molecule has 1 aromatic carbocycles. The Morgan fingerprint density at radius 2 is 1.92 bits per heavy atom. The van der Waals surface area contributed by atoms with Gasteiger partial charge in [-0.15, -0.1) is 0 Å². The SMILES string of the molecule is Fc1cnc(N/N=C/c2ccc(Nc3cc(C4CCCN4)cc(C(F)(F)F)c3)cn2)nc1N1CCOCC1. The van der Waals surface area contributed by atoms with Gasteiger partial charge >= 0.3 is 6.18 Å². The first-order chi connectivity index (χ1) is 18.3. The molecule has 9 nitrogen and oxygen atoms in total. The molecule has 0 spiro atoms. The third kappa shape index (κ3) is 6.34. The minimum Gasteiger partial charge on any atom is -0.378 e. The summed E-state index contributed by atoms with van der Waals surface area (Å²) in [6.45, 7) is 2.83. The van der Waals surface area contributed by atoms with E-state index in [0.29, 0.717) is 48.9 Å². The number of rotatable bonds is 7. The van der Waals surface area contributed by atoms with Crippen molar-refractivity contribution in [1.82, 2.24) is 20.3 Å². The molecule has 200 valence electrons. The summed E-state index contributed by atoms with van der Waals surface area (Å²) in [5, 5.41) is 10.3. The van der Waals surface area contributed by atoms with Gasteiger partial charge in [-0.05, 0) is 55.3 Å². The average molecular weight is 531 g/mol. The van der Waals surface area contributed by atoms with E-state index in [1.807, 2.05) is 0 Å². The first-order valence-electron chi connectivity index (χ1n) is 12.2. The van der Waals surface area contributed by atoms with Gasteiger partial charge in [-0.2, -0.15) is 23.3 Å². The molecule has 2 saturated heterocycles. The van der Waals surface area contributed by atoms with E-state index in [1.54, 1.807) is 23.1 Å². The Balaban J connectivity index is 1.24. The number of pyridine rings is 1. The molecule has 2 aliphatic heterocycles. The predicted molar refractivity (Wildman–Crippen MR) is 135 cm³/mol. The number of anilines is 4. The summed E-state index contributed by atoms with van der Waals surface area (Å²) in [6.07, 6.45) is 1.28. The van der Waals surface area contributed by atoms with E-state index >= 15 is 0 Å². The lowest BCUT2D eigenvalue weighted by Gasteiger charge is -2.27. The van der Waals surface area contributed by atoms with Gasteiger partial charge < -0.3 is 20.3 Å². The number of nitrogens with one attached hydrogen (secondary N) is 3. The first kappa shape index (κ1) is 25.8. The number of morpholine rings is 1. The Kier molecular flexibility index (Phi) is 7.65. The molecule has 2 aliphatic rings. The van der Waals surface area contributed by atoms with Crippen LogP contribution in [0.5, 0.6) is 0 Å². The molecule has 0 saturated carbocycles. The smallest absolute Gasteiger partial charge is 0.378 e. The van der Waals surface area contributed by atoms with Crippen LogP contribution in [0, 0.1) is 5.82 Å². The number of hydrazone groups is 1. The maximum atomic E-state index is 14.2. The Labute approximate surface area is 216 Å². The summed E-state index contributed by atoms with van der Waals surface area (Å²) in [4.78, 5) is 14.1. The molecule has 0 radical (unpaired) electrons. The Morgan fingerprint density at radius 1 is 1.08 bits per heavy atom. The number of hydrogen-bond donors (Lipinski definition) is 3. The summed E-state index contributed by atoms with van der Waals surface area (Å²) in [5.74, 6) is -0.228. The summed E-state index contributed by atoms with van der Waals surface area (Å²) in [5.41, 5.74) is 3.90. The van der Waals surface area contributed by atoms with Gasteiger partial charge in [0.25, 0.3) is 0 Å². The highest BCUT2D eigenvalue weighted by molar-refractivity contribution is 5.78. The van der Waals surface area contributed by atoms with Gasteiger partial charge in [0, 0.05) is 24.8 Å². The van der Waals surface area contributed by atoms with Gasteiger partial charge in [0.05, 0.1) is 48.8 Å². The third-order valence-electron chi connectivity index (χ3n) is 6.22. The van der Waals surface area contributed by atoms with Gasteiger partial charge in [-0.1, -0.05) is 0 Å². The van der Waals surface area contributed by atoms with Crippen molar-refractivity contribution < 1.29 is 22.3 Å². The van der Waals surface area contributed by atoms with Crippen LogP contribution < -0.4 is 21.0 Å². The lowest BCUT2D eigenvalue weighted by Crippen LogP contribution is -2.37. The zero-order valence-corrected chi connectivity index (χ0v) is 20.3. The fourth-order valence-corrected chi connectivity index (χ4v) is 4.35. The zero-order valence-electron chi connectivity index (χ0n) is 20.3. The topological polar surface area (TPSA) is 99.6 Å². The van der Waals surface area contributed by atoms with E-state index in [0.717, 1.165) is 31.6 Å². The highest BCUT2D eigenvalue weighted by atomic mass is 19.4. The molecule has 2 fully saturated rings. The van der Waals surface area contributed by atoms with Gasteiger partial charge in [0.1, 0.15) is 0 Å². The molecule has 4 heterocycles. The molecule has 3 N–H and O–H groups in total. The number of alkyl halides is 3. The summed E-state index contributed by atoms with van der Waals surface area (Å²) < 4.78 is 59.9. The summed E-state index contributed by atoms with van der Waals surface area (Å²) in [7, 11) is 0. The van der Waals surface area contributed by atoms with Crippen LogP contribution in [0.4, 0.5) is 40.7 Å². The van der Waals surface area contributed by atoms with E-state index in [1.165, 1.54) is 18.5 Å². The molecular formula is C25H26F4N8O. The van der Waals surface area contributed by atoms with Crippen LogP contribution >= 0.6 is 0 Å². The largest absolute Gasteiger partial charge is 0.416 e. The van der Waals surface area contributed by atoms with Crippen molar-refractivity contribution in [3.8, 4) is 0 Å². The van der Waals surface area contributed by atoms with Crippen LogP contribution in [0.25, 0.3) is 0 Å². The van der Waals surface area contributed by atoms with Crippen molar-refractivity contribution in [2.24, 2.45) is 5.10 Å². The molecule has 1 unspecified atom stereocenters. The quantitative estimate of drug-likeness (QED) is 0.234. The highest BCUT2D eigenvalue weighted by Gasteiger charge is 2.32. The van der Waals surface area contributed by atoms with Crippen LogP contribution in [0.15, 0.2) is 47.8 Å². The molecule has 1 atom stereocenters. The second kappa shape index (κ2) is 11.3. The summed E-state index contributed by atoms with van der Waals surface area (Å²) in [6, 6.07) is 7.26. The van der Waals surface area contributed by atoms with E-state index in [-0.39, 0.29) is 17.8 Å². The monoisotopic (exact) mass is 530 g/mol. The number of halogens is 4. The fourth-order valence-electron chi connectivity index (χ4n) is 4.35. The van der Waals surface area contributed by atoms with Gasteiger partial charge in [0.2, 0.25) is 5.95 Å². The minimum absolute atomic E-state index is 0.0999. The van der Waals surface area contributed by atoms with Gasteiger partial charge in [-0.25, -0.2) is 14.8 Å². The molecule has 2 aromatic heterocycles. The highest BCUT2D eigenvalue weighted by Crippen LogP contribution is 2.35. The maximum Gasteiger partial charge on any atom is 0.416 e. The Hall–Kier alpha value is -3.84. The molecular weight excluding hydrogens is 504 g/mol. The lowest BCUT2D eigenvalue weighted by atomic mass is 10.0. The molecule has 13 heteroatoms. The number of ether oxygens (including phenoxy) is 1. The molecule has 0 amide bonds. The molecule has 38 heavy (non-hydrogen) atoms. The van der Waals surface area contributed by atoms with Crippen molar-refractivity contribution in [1.29, 1.82) is 0 Å². The number of nitrogens with zero attached hydrogens (tertiary/aromatic N) is 5. The number of aromatic nitrogens is 3. The van der Waals surface area contributed by atoms with Crippen LogP contribution in [0.1, 0.15) is 35.7 Å². The standard InChI is InChI=1S/C25H26F4N8O/c26-21-15-32-24(35-23(21)37-6-8-38-9-7-37)36-33-14-18-3-4-19(13-31-18)34-20-11-16(22-2-1-5-30-22)10-17(12-20)25(27,28)29/h3-4,10-15,22,30,34H,1-2,5-9H2,(H,32,35,36)/b33-14+. The first-order valence-corrected chi connectivity index (χ1v) is 12.2. The molecule has 3 aromatic rings. The average Bonchev–Trinajstić information content (AvgIpc) is 3.46. The predicted octanol–water partition coefficient (Wildman–Crippen LogP) is 4.48. The van der Waals surface area contributed by atoms with Crippen molar-refractivity contribution >= 4 is 29.4 Å². The Bertz CT molecular complexity index is 1270. The molecule has 0 bridgehead atoms. The summed E-state index contributed by atoms with van der Waals surface area (Å²) >= 11 is 0. The molecule has 0 aliphatic carbocycles. The minimum atomic E-state index is -4.45. The Morgan fingerprint density at radius 3 is 2.63 bits per heavy atom. The zero-order chi connectivity index (χ0) is 26.5. The van der Waals surface area contributed by atoms with E-state index in [9.17, 15) is 17.6 Å². The van der Waals surface area contributed by atoms with Crippen LogP contribution in [-0.2, 0) is 10.9 Å². The third-order valence-corrected chi connectivity index (χ3v) is 6.22. The van der Waals surface area contributed by atoms with E-state index < -0.39 is 17.6 Å². The van der Waals surface area contributed by atoms with Crippen molar-refractivity contribution in [3.05, 3.63) is 65.4 Å². The second-order valence-corrected chi connectivity index (χ2v) is 8.92. The number of benzene rings is 1. The van der Waals surface area contributed by atoms with Crippen molar-refractivity contribution in [2.45, 2.75) is 25.1 Å². The van der Waals surface area contributed by atoms with E-state index in [2.05, 4.69) is 36.1 Å². The van der Waals surface area contributed by atoms with Gasteiger partial charge in [-0.3, -0.25) is 4.98 Å². The van der Waals surface area contributed by atoms with E-state index in [4.69, 9.17) is 4.74 Å². The van der Waals surface area contributed by atoms with Crippen LogP contribution in [0.3, 0.4) is 0 Å². The normalized spacial score (nSPS) is 18.2. The fraction of sp³-hybridized carbons (Fsp3) is 0.360. The van der Waals surface area contributed by atoms with Crippen molar-refractivity contribution in [2.75, 3.05) is 48.5 Å². The lowest BCUT2D eigenvalue weighted by molar-refractivity contribution is -0.137. The number of hydrogen-bond acceptors (Lipinski definition) is 9. The molecule has 5 rings (SSSR count). The van der Waals surface area contributed by atoms with Crippen LogP contribution in [0.2, 0.25) is 0 Å². The van der Waals surface area contributed by atoms with Crippen molar-refractivity contribution in [3.63, 3.8) is 0 Å². The van der Waals surface area contributed by atoms with Gasteiger partial charge in [0.15, 0.2) is 11.6 Å².